The van der Waals surface area contributed by atoms with E-state index in [9.17, 15) is 9.59 Å². The maximum Gasteiger partial charge on any atom is 0.339 e. The number of hydrogen-bond donors (Lipinski definition) is 0. The van der Waals surface area contributed by atoms with Crippen LogP contribution in [0.2, 0.25) is 0 Å². The molecule has 4 saturated carbocycles. The molecule has 0 spiro atoms. The van der Waals surface area contributed by atoms with Crippen molar-refractivity contribution in [3.8, 4) is 11.8 Å². The molecule has 0 N–H and O–H groups in total. The Labute approximate surface area is 333 Å². The van der Waals surface area contributed by atoms with Crippen molar-refractivity contribution in [2.45, 2.75) is 133 Å². The summed E-state index contributed by atoms with van der Waals surface area (Å²) in [6.07, 6.45) is 13.2. The fourth-order valence-electron chi connectivity index (χ4n) is 13.7. The van der Waals surface area contributed by atoms with Crippen molar-refractivity contribution < 1.29 is 19.1 Å². The Bertz CT molecular complexity index is 1930. The Morgan fingerprint density at radius 2 is 1.51 bits per heavy atom. The van der Waals surface area contributed by atoms with Gasteiger partial charge in [-0.1, -0.05) is 96.4 Å². The predicted octanol–water partition coefficient (Wildman–Crippen LogP) is 12.8. The molecule has 7 rings (SSSR count). The van der Waals surface area contributed by atoms with Crippen LogP contribution in [-0.2, 0) is 9.47 Å². The minimum Gasteiger partial charge on any atom is -0.465 e. The van der Waals surface area contributed by atoms with E-state index in [1.807, 2.05) is 57.2 Å². The number of ether oxygens (including phenoxy) is 2. The number of allylic oxidation sites excluding steroid dienone is 3. The molecule has 0 heterocycles. The molecule has 4 fully saturated rings. The van der Waals surface area contributed by atoms with Gasteiger partial charge in [-0.15, -0.1) is 0 Å². The average Bonchev–Trinajstić information content (AvgIpc) is 3.50. The van der Waals surface area contributed by atoms with Crippen LogP contribution in [0.5, 0.6) is 0 Å². The van der Waals surface area contributed by atoms with E-state index < -0.39 is 5.60 Å². The van der Waals surface area contributed by atoms with Crippen LogP contribution in [0.3, 0.4) is 0 Å². The highest BCUT2D eigenvalue weighted by Gasteiger charge is 2.70. The van der Waals surface area contributed by atoms with Gasteiger partial charge in [-0.25, -0.2) is 9.59 Å². The molecule has 0 bridgehead atoms. The zero-order valence-corrected chi connectivity index (χ0v) is 34.8. The lowest BCUT2D eigenvalue weighted by Gasteiger charge is -2.72. The minimum absolute atomic E-state index is 0. The molecule has 4 nitrogen and oxygen atoms in total. The monoisotopic (exact) mass is 745 g/mol. The van der Waals surface area contributed by atoms with E-state index in [1.165, 1.54) is 55.9 Å². The lowest BCUT2D eigenvalue weighted by molar-refractivity contribution is -0.220. The van der Waals surface area contributed by atoms with Crippen LogP contribution in [0.4, 0.5) is 0 Å². The summed E-state index contributed by atoms with van der Waals surface area (Å²) in [5, 5.41) is 0. The normalized spacial score (nSPS) is 35.8. The second kappa shape index (κ2) is 14.1. The lowest BCUT2D eigenvalue weighted by Crippen LogP contribution is -2.65. The molecule has 0 amide bonds. The van der Waals surface area contributed by atoms with Gasteiger partial charge in [0.2, 0.25) is 0 Å². The van der Waals surface area contributed by atoms with E-state index in [0.29, 0.717) is 40.7 Å². The molecule has 0 unspecified atom stereocenters. The zero-order valence-electron chi connectivity index (χ0n) is 34.8. The molecular formula is C51H68O4. The van der Waals surface area contributed by atoms with Crippen LogP contribution in [0.1, 0.15) is 159 Å². The molecule has 0 radical (unpaired) electrons. The van der Waals surface area contributed by atoms with Crippen molar-refractivity contribution in [3.63, 3.8) is 0 Å². The van der Waals surface area contributed by atoms with E-state index in [0.717, 1.165) is 31.2 Å². The second-order valence-corrected chi connectivity index (χ2v) is 20.3. The summed E-state index contributed by atoms with van der Waals surface area (Å²) < 4.78 is 10.8. The van der Waals surface area contributed by atoms with E-state index in [1.54, 1.807) is 0 Å². The Morgan fingerprint density at radius 1 is 0.818 bits per heavy atom. The van der Waals surface area contributed by atoms with Crippen molar-refractivity contribution in [1.29, 1.82) is 0 Å². The maximum absolute atomic E-state index is 12.8. The number of carbonyl (C=O) groups excluding carboxylic acids is 2. The van der Waals surface area contributed by atoms with Gasteiger partial charge < -0.3 is 9.47 Å². The lowest BCUT2D eigenvalue weighted by atomic mass is 9.32. The average molecular weight is 745 g/mol. The molecule has 296 valence electrons. The number of fused-ring (bicyclic) bond motifs is 7. The van der Waals surface area contributed by atoms with Gasteiger partial charge in [0.25, 0.3) is 0 Å². The Morgan fingerprint density at radius 3 is 2.16 bits per heavy atom. The van der Waals surface area contributed by atoms with Crippen molar-refractivity contribution in [2.75, 3.05) is 7.11 Å². The first-order chi connectivity index (χ1) is 25.3. The molecular weight excluding hydrogens is 677 g/mol. The fraction of sp³-hybridized carbons (Fsp3) is 0.608. The van der Waals surface area contributed by atoms with E-state index in [-0.39, 0.29) is 46.4 Å². The molecule has 4 heteroatoms. The van der Waals surface area contributed by atoms with Crippen molar-refractivity contribution in [2.24, 2.45) is 56.7 Å². The van der Waals surface area contributed by atoms with Gasteiger partial charge in [0.1, 0.15) is 5.60 Å². The standard InChI is InChI=1S/C50H64O4.CH4/c1-32(2)36-23-29-50(28-22-33-14-12-13-15-37(33)44(52)53-11)31-30-48(9)39(42(36)50)20-21-41-47(8)26-24-38(46(6,7)40(47)25-27-49(41,48)10)34-16-18-35(19-17-34)43(51)54-45(3,4)5;/h12-19,24,36,39-42H,1,20-21,23,25-27,29-31H2,2-11H3;1H4/t36-,39+,40-,41+,42+,47-,48+,49+,50+;/m0./s1. The van der Waals surface area contributed by atoms with Crippen LogP contribution in [0.15, 0.2) is 66.8 Å². The first-order valence-electron chi connectivity index (χ1n) is 20.7. The van der Waals surface area contributed by atoms with Crippen LogP contribution in [-0.4, -0.2) is 24.6 Å². The summed E-state index contributed by atoms with van der Waals surface area (Å²) in [5.41, 5.74) is 5.99. The molecule has 5 aliphatic rings. The van der Waals surface area contributed by atoms with Gasteiger partial charge in [-0.2, -0.15) is 0 Å². The molecule has 2 aromatic rings. The van der Waals surface area contributed by atoms with Crippen molar-refractivity contribution in [3.05, 3.63) is 89.0 Å². The number of benzene rings is 2. The summed E-state index contributed by atoms with van der Waals surface area (Å²) in [6.45, 7) is 25.6. The van der Waals surface area contributed by atoms with Crippen LogP contribution >= 0.6 is 0 Å². The molecule has 0 saturated heterocycles. The fourth-order valence-corrected chi connectivity index (χ4v) is 13.7. The SMILES string of the molecule is C.C=C(C)[C@@H]1CC[C@]2(C#Cc3ccccc3C(=O)OC)CC[C@]3(C)[C@H](CC[C@@H]4[C@@]5(C)CC=C(c6ccc(C(=O)OC(C)(C)C)cc6)C(C)(C)[C@@H]5CC[C@]43C)[C@@H]12. The smallest absolute Gasteiger partial charge is 0.339 e. The van der Waals surface area contributed by atoms with Gasteiger partial charge in [0.15, 0.2) is 0 Å². The van der Waals surface area contributed by atoms with Gasteiger partial charge in [-0.3, -0.25) is 0 Å². The van der Waals surface area contributed by atoms with Crippen LogP contribution in [0.25, 0.3) is 5.57 Å². The molecule has 5 aliphatic carbocycles. The zero-order chi connectivity index (χ0) is 39.1. The van der Waals surface area contributed by atoms with Gasteiger partial charge in [0.05, 0.1) is 18.2 Å². The number of methoxy groups -OCH3 is 1. The van der Waals surface area contributed by atoms with Gasteiger partial charge in [0, 0.05) is 11.0 Å². The van der Waals surface area contributed by atoms with Gasteiger partial charge in [-0.05, 0) is 172 Å². The maximum atomic E-state index is 12.8. The summed E-state index contributed by atoms with van der Waals surface area (Å²) in [4.78, 5) is 25.5. The van der Waals surface area contributed by atoms with Gasteiger partial charge >= 0.3 is 11.9 Å². The topological polar surface area (TPSA) is 52.6 Å². The van der Waals surface area contributed by atoms with Crippen molar-refractivity contribution >= 4 is 17.5 Å². The molecule has 0 aromatic heterocycles. The third kappa shape index (κ3) is 6.45. The largest absolute Gasteiger partial charge is 0.465 e. The molecule has 55 heavy (non-hydrogen) atoms. The third-order valence-electron chi connectivity index (χ3n) is 16.3. The summed E-state index contributed by atoms with van der Waals surface area (Å²) >= 11 is 0. The second-order valence-electron chi connectivity index (χ2n) is 20.3. The van der Waals surface area contributed by atoms with Crippen LogP contribution < -0.4 is 0 Å². The number of hydrogen-bond acceptors (Lipinski definition) is 4. The quantitative estimate of drug-likeness (QED) is 0.178. The summed E-state index contributed by atoms with van der Waals surface area (Å²) in [7, 11) is 1.44. The first-order valence-corrected chi connectivity index (χ1v) is 20.7. The Hall–Kier alpha value is -3.58. The number of esters is 2. The van der Waals surface area contributed by atoms with Crippen molar-refractivity contribution in [1.82, 2.24) is 0 Å². The highest BCUT2D eigenvalue weighted by atomic mass is 16.6. The Balaban J connectivity index is 0.00000514. The first kappa shape index (κ1) is 41.1. The van der Waals surface area contributed by atoms with E-state index >= 15 is 0 Å². The summed E-state index contributed by atoms with van der Waals surface area (Å²) in [6, 6.07) is 15.8. The molecule has 9 atom stereocenters. The number of carbonyl (C=O) groups is 2. The molecule has 2 aromatic carbocycles. The summed E-state index contributed by atoms with van der Waals surface area (Å²) in [5.74, 6) is 9.68. The Kier molecular flexibility index (Phi) is 10.5. The highest BCUT2D eigenvalue weighted by molar-refractivity contribution is 5.92. The minimum atomic E-state index is -0.516. The highest BCUT2D eigenvalue weighted by Crippen LogP contribution is 2.77. The molecule has 0 aliphatic heterocycles. The predicted molar refractivity (Wildman–Crippen MR) is 225 cm³/mol. The van der Waals surface area contributed by atoms with E-state index in [2.05, 4.69) is 78.2 Å². The van der Waals surface area contributed by atoms with Crippen LogP contribution in [0, 0.1) is 68.5 Å². The van der Waals surface area contributed by atoms with E-state index in [4.69, 9.17) is 9.47 Å². The third-order valence-corrected chi connectivity index (χ3v) is 16.3. The number of rotatable bonds is 4.